The Hall–Kier alpha value is -3.41. The summed E-state index contributed by atoms with van der Waals surface area (Å²) in [5, 5.41) is 3.00. The maximum Gasteiger partial charge on any atom is 0.225 e. The van der Waals surface area contributed by atoms with Crippen molar-refractivity contribution in [3.63, 3.8) is 0 Å². The van der Waals surface area contributed by atoms with Gasteiger partial charge in [-0.1, -0.05) is 42.5 Å². The van der Waals surface area contributed by atoms with Crippen LogP contribution >= 0.6 is 0 Å². The first kappa shape index (κ1) is 20.5. The van der Waals surface area contributed by atoms with Gasteiger partial charge in [-0.25, -0.2) is 8.78 Å². The highest BCUT2D eigenvalue weighted by molar-refractivity contribution is 5.82. The fourth-order valence-corrected chi connectivity index (χ4v) is 4.95. The molecule has 164 valence electrons. The monoisotopic (exact) mass is 433 g/mol. The molecule has 1 saturated heterocycles. The highest BCUT2D eigenvalue weighted by Crippen LogP contribution is 2.37. The molecule has 5 rings (SSSR count). The number of fused-ring (bicyclic) bond motifs is 3. The first-order valence-corrected chi connectivity index (χ1v) is 11.0. The number of halogens is 2. The molecule has 0 bridgehead atoms. The second-order valence-corrected chi connectivity index (χ2v) is 8.45. The van der Waals surface area contributed by atoms with Crippen molar-refractivity contribution in [3.8, 4) is 0 Å². The van der Waals surface area contributed by atoms with E-state index < -0.39 is 0 Å². The molecule has 32 heavy (non-hydrogen) atoms. The van der Waals surface area contributed by atoms with Crippen LogP contribution in [0.1, 0.15) is 11.1 Å². The van der Waals surface area contributed by atoms with E-state index in [1.807, 2.05) is 23.1 Å². The molecule has 2 atom stereocenters. The number of anilines is 2. The number of nitrogens with one attached hydrogen (secondary N) is 1. The van der Waals surface area contributed by atoms with Gasteiger partial charge in [0, 0.05) is 31.9 Å². The van der Waals surface area contributed by atoms with Crippen LogP contribution in [-0.4, -0.2) is 31.6 Å². The van der Waals surface area contributed by atoms with Crippen molar-refractivity contribution in [1.82, 2.24) is 5.32 Å². The Morgan fingerprint density at radius 1 is 0.938 bits per heavy atom. The molecular weight excluding hydrogens is 408 g/mol. The van der Waals surface area contributed by atoms with Gasteiger partial charge in [0.05, 0.1) is 17.6 Å². The molecule has 0 saturated carbocycles. The summed E-state index contributed by atoms with van der Waals surface area (Å²) in [6, 6.07) is 21.2. The summed E-state index contributed by atoms with van der Waals surface area (Å²) in [6.07, 6.45) is 0.622. The minimum atomic E-state index is -0.317. The minimum Gasteiger partial charge on any atom is -0.365 e. The standard InChI is InChI=1S/C26H25F2N3O/c27-20-8-5-6-18(14-20)16-29-26(32)21-15-19-7-1-3-10-23(19)31-13-12-30(17-25(21)31)24-11-4-2-9-22(24)28/h1-11,14,21,25H,12-13,15-17H2,(H,29,32)/t21-,25+/m1/s1. The van der Waals surface area contributed by atoms with Crippen molar-refractivity contribution in [1.29, 1.82) is 0 Å². The third-order valence-corrected chi connectivity index (χ3v) is 6.51. The van der Waals surface area contributed by atoms with E-state index in [1.54, 1.807) is 24.3 Å². The number of hydrogen-bond donors (Lipinski definition) is 1. The quantitative estimate of drug-likeness (QED) is 0.672. The molecule has 0 radical (unpaired) electrons. The van der Waals surface area contributed by atoms with Crippen LogP contribution in [0, 0.1) is 17.6 Å². The van der Waals surface area contributed by atoms with Crippen LogP contribution in [0.2, 0.25) is 0 Å². The Bertz CT molecular complexity index is 1140. The molecule has 1 N–H and O–H groups in total. The van der Waals surface area contributed by atoms with Gasteiger partial charge in [0.1, 0.15) is 11.6 Å². The van der Waals surface area contributed by atoms with Gasteiger partial charge in [0.15, 0.2) is 0 Å². The second kappa shape index (κ2) is 8.61. The van der Waals surface area contributed by atoms with Gasteiger partial charge in [-0.15, -0.1) is 0 Å². The number of rotatable bonds is 4. The van der Waals surface area contributed by atoms with E-state index in [0.717, 1.165) is 16.8 Å². The summed E-state index contributed by atoms with van der Waals surface area (Å²) in [4.78, 5) is 17.6. The lowest BCUT2D eigenvalue weighted by Crippen LogP contribution is -2.61. The van der Waals surface area contributed by atoms with Crippen LogP contribution in [0.3, 0.4) is 0 Å². The van der Waals surface area contributed by atoms with E-state index in [0.29, 0.717) is 31.7 Å². The van der Waals surface area contributed by atoms with Gasteiger partial charge < -0.3 is 15.1 Å². The first-order chi connectivity index (χ1) is 15.6. The molecular formula is C26H25F2N3O. The molecule has 4 nitrogen and oxygen atoms in total. The summed E-state index contributed by atoms with van der Waals surface area (Å²) >= 11 is 0. The maximum absolute atomic E-state index is 14.5. The van der Waals surface area contributed by atoms with Crippen molar-refractivity contribution in [3.05, 3.63) is 95.6 Å². The zero-order valence-electron chi connectivity index (χ0n) is 17.7. The minimum absolute atomic E-state index is 0.0610. The topological polar surface area (TPSA) is 35.6 Å². The van der Waals surface area contributed by atoms with Gasteiger partial charge in [-0.2, -0.15) is 0 Å². The number of carbonyl (C=O) groups is 1. The highest BCUT2D eigenvalue weighted by atomic mass is 19.1. The van der Waals surface area contributed by atoms with Gasteiger partial charge in [0.2, 0.25) is 5.91 Å². The normalized spacial score (nSPS) is 19.8. The third-order valence-electron chi connectivity index (χ3n) is 6.51. The molecule has 3 aromatic rings. The average Bonchev–Trinajstić information content (AvgIpc) is 2.82. The lowest BCUT2D eigenvalue weighted by molar-refractivity contribution is -0.126. The fourth-order valence-electron chi connectivity index (χ4n) is 4.95. The molecule has 0 unspecified atom stereocenters. The van der Waals surface area contributed by atoms with Crippen LogP contribution < -0.4 is 15.1 Å². The van der Waals surface area contributed by atoms with Crippen LogP contribution in [-0.2, 0) is 17.8 Å². The summed E-state index contributed by atoms with van der Waals surface area (Å²) in [5.74, 6) is -0.909. The van der Waals surface area contributed by atoms with Crippen LogP contribution in [0.5, 0.6) is 0 Å². The lowest BCUT2D eigenvalue weighted by Gasteiger charge is -2.49. The van der Waals surface area contributed by atoms with E-state index in [2.05, 4.69) is 22.3 Å². The second-order valence-electron chi connectivity index (χ2n) is 8.45. The highest BCUT2D eigenvalue weighted by Gasteiger charge is 2.41. The molecule has 0 spiro atoms. The number of amides is 1. The van der Waals surface area contributed by atoms with Gasteiger partial charge in [-0.05, 0) is 47.9 Å². The molecule has 1 fully saturated rings. The van der Waals surface area contributed by atoms with Crippen molar-refractivity contribution in [2.75, 3.05) is 29.4 Å². The van der Waals surface area contributed by atoms with Gasteiger partial charge in [0.25, 0.3) is 0 Å². The molecule has 1 amide bonds. The van der Waals surface area contributed by atoms with Crippen molar-refractivity contribution >= 4 is 17.3 Å². The predicted molar refractivity (Wildman–Crippen MR) is 122 cm³/mol. The number of para-hydroxylation sites is 2. The van der Waals surface area contributed by atoms with Crippen LogP contribution in [0.15, 0.2) is 72.8 Å². The molecule has 2 aliphatic rings. The molecule has 0 aromatic heterocycles. The summed E-state index contributed by atoms with van der Waals surface area (Å²) in [7, 11) is 0. The first-order valence-electron chi connectivity index (χ1n) is 11.0. The Balaban J connectivity index is 1.40. The zero-order chi connectivity index (χ0) is 22.1. The van der Waals surface area contributed by atoms with Crippen LogP contribution in [0.25, 0.3) is 0 Å². The molecule has 2 aliphatic heterocycles. The zero-order valence-corrected chi connectivity index (χ0v) is 17.7. The number of hydrogen-bond acceptors (Lipinski definition) is 3. The van der Waals surface area contributed by atoms with Gasteiger partial charge in [-0.3, -0.25) is 4.79 Å². The lowest BCUT2D eigenvalue weighted by atomic mass is 9.83. The van der Waals surface area contributed by atoms with Gasteiger partial charge >= 0.3 is 0 Å². The molecule has 0 aliphatic carbocycles. The third kappa shape index (κ3) is 3.93. The predicted octanol–water partition coefficient (Wildman–Crippen LogP) is 4.15. The number of piperazine rings is 1. The van der Waals surface area contributed by atoms with Crippen LogP contribution in [0.4, 0.5) is 20.2 Å². The van der Waals surface area contributed by atoms with Crippen molar-refractivity contribution in [2.45, 2.75) is 19.0 Å². The van der Waals surface area contributed by atoms with E-state index in [4.69, 9.17) is 0 Å². The number of nitrogens with zero attached hydrogens (tertiary/aromatic N) is 2. The van der Waals surface area contributed by atoms with E-state index in [1.165, 1.54) is 18.2 Å². The molecule has 6 heteroatoms. The maximum atomic E-state index is 14.5. The van der Waals surface area contributed by atoms with Crippen molar-refractivity contribution in [2.24, 2.45) is 5.92 Å². The smallest absolute Gasteiger partial charge is 0.225 e. The summed E-state index contributed by atoms with van der Waals surface area (Å²) in [5.41, 5.74) is 3.60. The SMILES string of the molecule is O=C(NCc1cccc(F)c1)[C@@H]1Cc2ccccc2N2CCN(c3ccccc3F)C[C@@H]12. The Kier molecular flexibility index (Phi) is 5.52. The summed E-state index contributed by atoms with van der Waals surface area (Å²) in [6.45, 7) is 2.24. The molecule has 2 heterocycles. The Labute approximate surface area is 186 Å². The average molecular weight is 434 g/mol. The Morgan fingerprint density at radius 3 is 2.53 bits per heavy atom. The fraction of sp³-hybridized carbons (Fsp3) is 0.269. The Morgan fingerprint density at radius 2 is 1.72 bits per heavy atom. The van der Waals surface area contributed by atoms with Crippen molar-refractivity contribution < 1.29 is 13.6 Å². The number of carbonyl (C=O) groups excluding carboxylic acids is 1. The van der Waals surface area contributed by atoms with E-state index >= 15 is 0 Å². The molecule has 3 aromatic carbocycles. The number of benzene rings is 3. The van der Waals surface area contributed by atoms with E-state index in [-0.39, 0.29) is 36.0 Å². The summed E-state index contributed by atoms with van der Waals surface area (Å²) < 4.78 is 28.0. The largest absolute Gasteiger partial charge is 0.365 e. The van der Waals surface area contributed by atoms with E-state index in [9.17, 15) is 13.6 Å².